The molecule has 0 atom stereocenters. The number of rotatable bonds is 5. The highest BCUT2D eigenvalue weighted by Crippen LogP contribution is 2.29. The zero-order valence-electron chi connectivity index (χ0n) is 15.7. The van der Waals surface area contributed by atoms with Crippen molar-refractivity contribution in [2.45, 2.75) is 13.5 Å². The molecule has 4 aromatic rings. The van der Waals surface area contributed by atoms with E-state index in [0.29, 0.717) is 21.5 Å². The van der Waals surface area contributed by atoms with E-state index < -0.39 is 17.3 Å². The Morgan fingerprint density at radius 2 is 1.93 bits per heavy atom. The van der Waals surface area contributed by atoms with Crippen molar-refractivity contribution in [1.29, 1.82) is 0 Å². The van der Waals surface area contributed by atoms with Crippen LogP contribution in [0.15, 0.2) is 52.9 Å². The molecule has 0 aliphatic heterocycles. The summed E-state index contributed by atoms with van der Waals surface area (Å²) in [6.45, 7) is 1.55. The zero-order valence-corrected chi connectivity index (χ0v) is 16.5. The van der Waals surface area contributed by atoms with Crippen LogP contribution in [-0.2, 0) is 11.3 Å². The number of benzene rings is 1. The van der Waals surface area contributed by atoms with E-state index in [9.17, 15) is 24.6 Å². The van der Waals surface area contributed by atoms with Crippen LogP contribution in [-0.4, -0.2) is 36.4 Å². The first kappa shape index (κ1) is 19.4. The summed E-state index contributed by atoms with van der Waals surface area (Å²) in [4.78, 5) is 35.2. The van der Waals surface area contributed by atoms with Crippen LogP contribution in [0, 0.1) is 0 Å². The van der Waals surface area contributed by atoms with E-state index >= 15 is 0 Å². The number of carbonyl (C=O) groups is 2. The lowest BCUT2D eigenvalue weighted by Gasteiger charge is -2.10. The fourth-order valence-electron chi connectivity index (χ4n) is 3.18. The number of thiophene rings is 1. The summed E-state index contributed by atoms with van der Waals surface area (Å²) < 4.78 is 3.28. The Morgan fingerprint density at radius 3 is 2.60 bits per heavy atom. The van der Waals surface area contributed by atoms with Crippen LogP contribution >= 0.6 is 11.3 Å². The maximum atomic E-state index is 12.6. The number of carboxylic acids is 1. The monoisotopic (exact) mass is 424 g/mol. The van der Waals surface area contributed by atoms with Gasteiger partial charge in [0.2, 0.25) is 5.91 Å². The third kappa shape index (κ3) is 3.44. The van der Waals surface area contributed by atoms with Gasteiger partial charge in [-0.25, -0.2) is 9.48 Å². The number of hydrogen-bond acceptors (Lipinski definition) is 6. The largest absolute Gasteiger partial charge is 0.502 e. The van der Waals surface area contributed by atoms with Crippen LogP contribution < -0.4 is 10.9 Å². The van der Waals surface area contributed by atoms with E-state index in [-0.39, 0.29) is 18.0 Å². The molecule has 3 N–H and O–H groups in total. The second-order valence-corrected chi connectivity index (χ2v) is 7.49. The summed E-state index contributed by atoms with van der Waals surface area (Å²) in [5.74, 6) is -2.29. The Labute approximate surface area is 173 Å². The number of fused-ring (bicyclic) bond motifs is 1. The number of carboxylic acid groups (broad SMARTS) is 1. The summed E-state index contributed by atoms with van der Waals surface area (Å²) in [5.41, 5.74) is 1.40. The van der Waals surface area contributed by atoms with Gasteiger partial charge in [0, 0.05) is 24.4 Å². The van der Waals surface area contributed by atoms with Crippen molar-refractivity contribution in [1.82, 2.24) is 14.3 Å². The molecule has 0 saturated heterocycles. The number of hydrogen-bond donors (Lipinski definition) is 3. The van der Waals surface area contributed by atoms with E-state index in [1.165, 1.54) is 11.5 Å². The number of carbonyl (C=O) groups excluding carboxylic acids is 1. The molecular formula is C20H16N4O5S. The molecule has 152 valence electrons. The van der Waals surface area contributed by atoms with Gasteiger partial charge in [-0.2, -0.15) is 5.10 Å². The molecule has 0 aliphatic carbocycles. The van der Waals surface area contributed by atoms with E-state index in [0.717, 1.165) is 17.0 Å². The van der Waals surface area contributed by atoms with Crippen LogP contribution in [0.25, 0.3) is 15.9 Å². The number of anilines is 1. The number of aromatic hydroxyl groups is 1. The Hall–Kier alpha value is -3.92. The predicted molar refractivity (Wildman–Crippen MR) is 112 cm³/mol. The molecule has 0 aliphatic rings. The van der Waals surface area contributed by atoms with E-state index in [1.54, 1.807) is 52.8 Å². The van der Waals surface area contributed by atoms with Gasteiger partial charge in [0.1, 0.15) is 5.56 Å². The smallest absolute Gasteiger partial charge is 0.341 e. The van der Waals surface area contributed by atoms with E-state index in [2.05, 4.69) is 10.4 Å². The van der Waals surface area contributed by atoms with E-state index in [1.807, 2.05) is 0 Å². The van der Waals surface area contributed by atoms with Gasteiger partial charge >= 0.3 is 5.97 Å². The Bertz CT molecular complexity index is 1330. The molecule has 30 heavy (non-hydrogen) atoms. The zero-order chi connectivity index (χ0) is 21.4. The number of pyridine rings is 1. The average Bonchev–Trinajstić information content (AvgIpc) is 3.35. The van der Waals surface area contributed by atoms with Crippen molar-refractivity contribution in [2.75, 3.05) is 5.32 Å². The SMILES string of the molecule is CC(=O)Nc1ccc(-n2cc(Cn3c(=O)c(O)c(C(=O)O)c4sccc43)cn2)cc1. The van der Waals surface area contributed by atoms with Crippen molar-refractivity contribution in [3.05, 3.63) is 69.6 Å². The summed E-state index contributed by atoms with van der Waals surface area (Å²) in [5, 5.41) is 28.2. The molecule has 3 aromatic heterocycles. The molecule has 1 amide bonds. The minimum atomic E-state index is -1.35. The second kappa shape index (κ2) is 7.48. The van der Waals surface area contributed by atoms with Crippen LogP contribution in [0.2, 0.25) is 0 Å². The maximum Gasteiger partial charge on any atom is 0.341 e. The molecule has 1 aromatic carbocycles. The summed E-state index contributed by atoms with van der Waals surface area (Å²) >= 11 is 1.15. The molecular weight excluding hydrogens is 408 g/mol. The van der Waals surface area contributed by atoms with Crippen LogP contribution in [0.3, 0.4) is 0 Å². The second-order valence-electron chi connectivity index (χ2n) is 6.58. The van der Waals surface area contributed by atoms with Crippen molar-refractivity contribution < 1.29 is 19.8 Å². The maximum absolute atomic E-state index is 12.6. The Kier molecular flexibility index (Phi) is 4.84. The number of nitrogens with zero attached hydrogens (tertiary/aromatic N) is 3. The van der Waals surface area contributed by atoms with Crippen LogP contribution in [0.5, 0.6) is 5.75 Å². The molecule has 0 unspecified atom stereocenters. The van der Waals surface area contributed by atoms with Gasteiger partial charge in [-0.05, 0) is 35.7 Å². The molecule has 9 nitrogen and oxygen atoms in total. The minimum absolute atomic E-state index is 0.115. The fourth-order valence-corrected chi connectivity index (χ4v) is 4.11. The quantitative estimate of drug-likeness (QED) is 0.452. The molecule has 0 radical (unpaired) electrons. The molecule has 0 saturated carbocycles. The number of aromatic nitrogens is 3. The van der Waals surface area contributed by atoms with Gasteiger partial charge in [0.05, 0.1) is 28.6 Å². The van der Waals surface area contributed by atoms with Gasteiger partial charge in [-0.1, -0.05) is 0 Å². The lowest BCUT2D eigenvalue weighted by molar-refractivity contribution is -0.114. The Morgan fingerprint density at radius 1 is 1.20 bits per heavy atom. The topological polar surface area (TPSA) is 126 Å². The highest BCUT2D eigenvalue weighted by molar-refractivity contribution is 7.17. The first-order chi connectivity index (χ1) is 14.3. The third-order valence-electron chi connectivity index (χ3n) is 4.49. The highest BCUT2D eigenvalue weighted by Gasteiger charge is 2.22. The summed E-state index contributed by atoms with van der Waals surface area (Å²) in [6.07, 6.45) is 3.33. The average molecular weight is 424 g/mol. The molecule has 10 heteroatoms. The standard InChI is InChI=1S/C20H16N4O5S/c1-11(25)22-13-2-4-14(5-3-13)24-10-12(8-21-24)9-23-15-6-7-30-18(15)16(20(28)29)17(26)19(23)27/h2-8,10,26H,9H2,1H3,(H,22,25)(H,28,29). The van der Waals surface area contributed by atoms with Crippen LogP contribution in [0.4, 0.5) is 5.69 Å². The van der Waals surface area contributed by atoms with Gasteiger partial charge < -0.3 is 15.5 Å². The first-order valence-electron chi connectivity index (χ1n) is 8.83. The molecule has 0 bridgehead atoms. The highest BCUT2D eigenvalue weighted by atomic mass is 32.1. The van der Waals surface area contributed by atoms with Gasteiger partial charge in [0.15, 0.2) is 5.75 Å². The van der Waals surface area contributed by atoms with Gasteiger partial charge in [0.25, 0.3) is 5.56 Å². The summed E-state index contributed by atoms with van der Waals surface area (Å²) in [7, 11) is 0. The minimum Gasteiger partial charge on any atom is -0.502 e. The van der Waals surface area contributed by atoms with Crippen molar-refractivity contribution >= 4 is 39.1 Å². The molecule has 0 fully saturated rings. The Balaban J connectivity index is 1.67. The third-order valence-corrected chi connectivity index (χ3v) is 5.41. The van der Waals surface area contributed by atoms with Crippen molar-refractivity contribution in [3.8, 4) is 11.4 Å². The number of nitrogens with one attached hydrogen (secondary N) is 1. The fraction of sp³-hybridized carbons (Fsp3) is 0.100. The van der Waals surface area contributed by atoms with E-state index in [4.69, 9.17) is 0 Å². The molecule has 0 spiro atoms. The van der Waals surface area contributed by atoms with Gasteiger partial charge in [-0.15, -0.1) is 11.3 Å². The summed E-state index contributed by atoms with van der Waals surface area (Å²) in [6, 6.07) is 8.73. The number of aromatic carboxylic acids is 1. The van der Waals surface area contributed by atoms with Crippen molar-refractivity contribution in [3.63, 3.8) is 0 Å². The number of amides is 1. The molecule has 4 rings (SSSR count). The normalized spacial score (nSPS) is 11.0. The lowest BCUT2D eigenvalue weighted by Crippen LogP contribution is -2.22. The van der Waals surface area contributed by atoms with Crippen LogP contribution in [0.1, 0.15) is 22.8 Å². The lowest BCUT2D eigenvalue weighted by atomic mass is 10.2. The first-order valence-corrected chi connectivity index (χ1v) is 9.71. The predicted octanol–water partition coefficient (Wildman–Crippen LogP) is 2.66. The van der Waals surface area contributed by atoms with Gasteiger partial charge in [-0.3, -0.25) is 14.2 Å². The van der Waals surface area contributed by atoms with Crippen molar-refractivity contribution in [2.24, 2.45) is 0 Å². The molecule has 3 heterocycles.